The van der Waals surface area contributed by atoms with Crippen molar-refractivity contribution in [3.63, 3.8) is 0 Å². The summed E-state index contributed by atoms with van der Waals surface area (Å²) in [5.41, 5.74) is 6.38. The molecule has 0 spiro atoms. The van der Waals surface area contributed by atoms with Crippen LogP contribution in [0.15, 0.2) is 12.5 Å². The zero-order valence-electron chi connectivity index (χ0n) is 5.85. The van der Waals surface area contributed by atoms with E-state index >= 15 is 0 Å². The van der Waals surface area contributed by atoms with Crippen LogP contribution in [0.3, 0.4) is 0 Å². The van der Waals surface area contributed by atoms with Crippen molar-refractivity contribution >= 4 is 23.6 Å². The summed E-state index contributed by atoms with van der Waals surface area (Å²) in [5, 5.41) is 0. The van der Waals surface area contributed by atoms with Crippen LogP contribution in [0.2, 0.25) is 0 Å². The normalized spacial score (nSPS) is 8.64. The van der Waals surface area contributed by atoms with Crippen molar-refractivity contribution in [3.05, 3.63) is 18.2 Å². The number of halogens is 2. The Balaban J connectivity index is 0.000000292. The number of nitrogens with zero attached hydrogens (tertiary/aromatic N) is 1. The molecule has 0 amide bonds. The van der Waals surface area contributed by atoms with Gasteiger partial charge in [0.2, 0.25) is 0 Å². The van der Waals surface area contributed by atoms with Gasteiger partial charge in [-0.2, -0.15) is 0 Å². The van der Waals surface area contributed by atoms with Crippen molar-refractivity contribution in [3.8, 4) is 0 Å². The molecule has 1 heterocycles. The summed E-state index contributed by atoms with van der Waals surface area (Å²) >= 11 is 9.03. The molecule has 0 radical (unpaired) electrons. The Morgan fingerprint density at radius 2 is 2.27 bits per heavy atom. The molecule has 0 fully saturated rings. The maximum atomic E-state index is 5.27. The summed E-state index contributed by atoms with van der Waals surface area (Å²) in [5.74, 6) is 0. The lowest BCUT2D eigenvalue weighted by Crippen LogP contribution is -2.02. The average Bonchev–Trinajstić information content (AvgIpc) is 2.42. The number of nitrogens with one attached hydrogen (secondary N) is 2. The highest BCUT2D eigenvalue weighted by atomic mass is 35.5. The topological polar surface area (TPSA) is 66.7 Å². The summed E-state index contributed by atoms with van der Waals surface area (Å²) in [7, 11) is 0. The molecule has 1 aromatic heterocycles. The van der Waals surface area contributed by atoms with E-state index in [2.05, 4.69) is 33.5 Å². The minimum absolute atomic E-state index is 0.683. The standard InChI is InChI=1S/C5H9N3.Cl2HN/c6-2-1-5-3-7-4-8-5;1-3-2/h3-4H,1-2,6H2,(H,7,8);3H. The van der Waals surface area contributed by atoms with Gasteiger partial charge in [-0.3, -0.25) is 0 Å². The smallest absolute Gasteiger partial charge is 0.0921 e. The first-order chi connectivity index (χ1) is 5.35. The number of H-pyrrole nitrogens is 1. The predicted octanol–water partition coefficient (Wildman–Crippen LogP) is 0.795. The first kappa shape index (κ1) is 10.7. The van der Waals surface area contributed by atoms with Gasteiger partial charge in [-0.1, -0.05) is 0 Å². The fourth-order valence-corrected chi connectivity index (χ4v) is 0.577. The van der Waals surface area contributed by atoms with Crippen molar-refractivity contribution in [2.75, 3.05) is 6.54 Å². The molecule has 64 valence electrons. The average molecular weight is 197 g/mol. The lowest BCUT2D eigenvalue weighted by Gasteiger charge is -1.86. The molecule has 0 saturated carbocycles. The van der Waals surface area contributed by atoms with Gasteiger partial charge < -0.3 is 10.7 Å². The first-order valence-corrected chi connectivity index (χ1v) is 3.74. The Labute approximate surface area is 75.3 Å². The molecule has 4 N–H and O–H groups in total. The SMILES string of the molecule is ClNCl.NCCc1cnc[nH]1. The van der Waals surface area contributed by atoms with Crippen LogP contribution in [0.5, 0.6) is 0 Å². The van der Waals surface area contributed by atoms with Crippen LogP contribution in [-0.4, -0.2) is 16.5 Å². The summed E-state index contributed by atoms with van der Waals surface area (Å²) in [4.78, 5) is 6.78. The minimum atomic E-state index is 0.683. The molecule has 0 aliphatic rings. The molecule has 0 atom stereocenters. The number of rotatable bonds is 2. The highest BCUT2D eigenvalue weighted by Gasteiger charge is 1.86. The van der Waals surface area contributed by atoms with Crippen LogP contribution >= 0.6 is 23.6 Å². The van der Waals surface area contributed by atoms with Crippen LogP contribution in [0, 0.1) is 0 Å². The van der Waals surface area contributed by atoms with Crippen LogP contribution in [0.1, 0.15) is 5.69 Å². The number of hydrogen-bond donors (Lipinski definition) is 3. The molecule has 6 heteroatoms. The monoisotopic (exact) mass is 196 g/mol. The molecule has 0 aromatic carbocycles. The largest absolute Gasteiger partial charge is 0.348 e. The molecule has 1 aromatic rings. The van der Waals surface area contributed by atoms with E-state index in [0.717, 1.165) is 12.1 Å². The third-order valence-corrected chi connectivity index (χ3v) is 0.969. The molecule has 0 bridgehead atoms. The molecule has 1 rings (SSSR count). The molecule has 0 unspecified atom stereocenters. The lowest BCUT2D eigenvalue weighted by molar-refractivity contribution is 0.935. The fourth-order valence-electron chi connectivity index (χ4n) is 0.577. The first-order valence-electron chi connectivity index (χ1n) is 2.98. The highest BCUT2D eigenvalue weighted by Crippen LogP contribution is 1.88. The number of imidazole rings is 1. The van der Waals surface area contributed by atoms with E-state index in [1.54, 1.807) is 16.9 Å². The van der Waals surface area contributed by atoms with Gasteiger partial charge in [0.25, 0.3) is 0 Å². The van der Waals surface area contributed by atoms with Crippen molar-refractivity contribution < 1.29 is 0 Å². The molecule has 0 aliphatic carbocycles. The Morgan fingerprint density at radius 1 is 1.64 bits per heavy atom. The molecule has 0 saturated heterocycles. The van der Waals surface area contributed by atoms with Gasteiger partial charge in [-0.25, -0.2) is 4.98 Å². The van der Waals surface area contributed by atoms with Crippen molar-refractivity contribution in [2.45, 2.75) is 6.42 Å². The van der Waals surface area contributed by atoms with Crippen LogP contribution in [0.4, 0.5) is 0 Å². The Kier molecular flexibility index (Phi) is 7.61. The van der Waals surface area contributed by atoms with Crippen LogP contribution in [-0.2, 0) is 6.42 Å². The second kappa shape index (κ2) is 7.81. The van der Waals surface area contributed by atoms with Crippen molar-refractivity contribution in [1.82, 2.24) is 14.3 Å². The van der Waals surface area contributed by atoms with Crippen molar-refractivity contribution in [1.29, 1.82) is 0 Å². The maximum Gasteiger partial charge on any atom is 0.0921 e. The van der Waals surface area contributed by atoms with Gasteiger partial charge >= 0.3 is 0 Å². The van der Waals surface area contributed by atoms with Gasteiger partial charge in [0.15, 0.2) is 0 Å². The van der Waals surface area contributed by atoms with Gasteiger partial charge in [0.1, 0.15) is 0 Å². The molecule has 4 nitrogen and oxygen atoms in total. The molecule has 0 aliphatic heterocycles. The predicted molar refractivity (Wildman–Crippen MR) is 46.2 cm³/mol. The summed E-state index contributed by atoms with van der Waals surface area (Å²) in [6.45, 7) is 0.683. The van der Waals surface area contributed by atoms with E-state index in [4.69, 9.17) is 5.73 Å². The van der Waals surface area contributed by atoms with Gasteiger partial charge in [0, 0.05) is 18.3 Å². The van der Waals surface area contributed by atoms with E-state index < -0.39 is 0 Å². The summed E-state index contributed by atoms with van der Waals surface area (Å²) < 4.78 is 1.69. The summed E-state index contributed by atoms with van der Waals surface area (Å²) in [6, 6.07) is 0. The number of aromatic amines is 1. The zero-order valence-corrected chi connectivity index (χ0v) is 7.36. The van der Waals surface area contributed by atoms with Gasteiger partial charge in [-0.05, 0) is 30.1 Å². The quantitative estimate of drug-likeness (QED) is 0.614. The second-order valence-electron chi connectivity index (χ2n) is 1.69. The number of hydrogen-bond acceptors (Lipinski definition) is 3. The van der Waals surface area contributed by atoms with Crippen LogP contribution in [0.25, 0.3) is 0 Å². The number of nitrogens with two attached hydrogens (primary N) is 1. The van der Waals surface area contributed by atoms with Crippen molar-refractivity contribution in [2.24, 2.45) is 5.73 Å². The van der Waals surface area contributed by atoms with E-state index in [9.17, 15) is 0 Å². The van der Waals surface area contributed by atoms with E-state index in [0.29, 0.717) is 6.54 Å². The van der Waals surface area contributed by atoms with E-state index in [-0.39, 0.29) is 0 Å². The molecular weight excluding hydrogens is 187 g/mol. The van der Waals surface area contributed by atoms with Crippen LogP contribution < -0.4 is 10.1 Å². The molecular formula is C5H10Cl2N4. The lowest BCUT2D eigenvalue weighted by atomic mass is 10.3. The Hall–Kier alpha value is -0.290. The third kappa shape index (κ3) is 6.12. The zero-order chi connectivity index (χ0) is 8.53. The second-order valence-corrected chi connectivity index (χ2v) is 2.26. The van der Waals surface area contributed by atoms with Gasteiger partial charge in [-0.15, -0.1) is 4.35 Å². The molecule has 11 heavy (non-hydrogen) atoms. The summed E-state index contributed by atoms with van der Waals surface area (Å²) in [6.07, 6.45) is 4.33. The Bertz CT molecular complexity index is 154. The van der Waals surface area contributed by atoms with E-state index in [1.165, 1.54) is 0 Å². The maximum absolute atomic E-state index is 5.27. The van der Waals surface area contributed by atoms with E-state index in [1.807, 2.05) is 0 Å². The Morgan fingerprint density at radius 3 is 2.64 bits per heavy atom. The third-order valence-electron chi connectivity index (χ3n) is 0.969. The number of aromatic nitrogens is 2. The minimum Gasteiger partial charge on any atom is -0.348 e. The van der Waals surface area contributed by atoms with Gasteiger partial charge in [0.05, 0.1) is 6.33 Å². The highest BCUT2D eigenvalue weighted by molar-refractivity contribution is 6.33. The fraction of sp³-hybridized carbons (Fsp3) is 0.400.